The Bertz CT molecular complexity index is 550. The minimum atomic E-state index is -0.614. The average molecular weight is 377 g/mol. The van der Waals surface area contributed by atoms with E-state index < -0.39 is 11.6 Å². The van der Waals surface area contributed by atoms with Crippen molar-refractivity contribution in [2.24, 2.45) is 0 Å². The van der Waals surface area contributed by atoms with Gasteiger partial charge < -0.3 is 5.32 Å². The van der Waals surface area contributed by atoms with E-state index in [1.54, 1.807) is 0 Å². The smallest absolute Gasteiger partial charge is 0.150 e. The number of nitrogens with one attached hydrogen (secondary N) is 1. The number of anilines is 1. The summed E-state index contributed by atoms with van der Waals surface area (Å²) in [7, 11) is 0. The molecular weight excluding hydrogens is 368 g/mol. The van der Waals surface area contributed by atoms with Crippen molar-refractivity contribution in [3.8, 4) is 0 Å². The minimum absolute atomic E-state index is 0.113. The van der Waals surface area contributed by atoms with Crippen molar-refractivity contribution in [3.05, 3.63) is 62.5 Å². The van der Waals surface area contributed by atoms with E-state index in [2.05, 4.69) is 37.2 Å². The summed E-state index contributed by atoms with van der Waals surface area (Å²) in [6, 6.07) is 9.99. The first kappa shape index (κ1) is 13.5. The topological polar surface area (TPSA) is 12.0 Å². The van der Waals surface area contributed by atoms with Gasteiger partial charge >= 0.3 is 0 Å². The maximum Gasteiger partial charge on any atom is 0.150 e. The van der Waals surface area contributed by atoms with E-state index in [9.17, 15) is 8.78 Å². The highest BCUT2D eigenvalue weighted by molar-refractivity contribution is 9.10. The second-order valence-electron chi connectivity index (χ2n) is 3.73. The predicted molar refractivity (Wildman–Crippen MR) is 75.5 cm³/mol. The summed E-state index contributed by atoms with van der Waals surface area (Å²) in [6.45, 7) is 0.356. The van der Waals surface area contributed by atoms with Crippen LogP contribution in [0.1, 0.15) is 5.56 Å². The van der Waals surface area contributed by atoms with Gasteiger partial charge in [-0.25, -0.2) is 8.78 Å². The van der Waals surface area contributed by atoms with E-state index in [1.807, 2.05) is 24.3 Å². The Morgan fingerprint density at radius 2 is 1.61 bits per heavy atom. The molecule has 0 aliphatic carbocycles. The van der Waals surface area contributed by atoms with Gasteiger partial charge in [0.2, 0.25) is 0 Å². The summed E-state index contributed by atoms with van der Waals surface area (Å²) in [6.07, 6.45) is 0. The maximum absolute atomic E-state index is 13.6. The van der Waals surface area contributed by atoms with Crippen molar-refractivity contribution in [2.75, 3.05) is 5.32 Å². The van der Waals surface area contributed by atoms with Gasteiger partial charge in [-0.2, -0.15) is 0 Å². The summed E-state index contributed by atoms with van der Waals surface area (Å²) in [4.78, 5) is 0. The molecule has 0 amide bonds. The lowest BCUT2D eigenvalue weighted by Crippen LogP contribution is -2.04. The number of benzene rings is 2. The Morgan fingerprint density at radius 1 is 0.944 bits per heavy atom. The molecule has 0 fully saturated rings. The van der Waals surface area contributed by atoms with E-state index in [0.29, 0.717) is 11.0 Å². The first-order valence-corrected chi connectivity index (χ1v) is 6.78. The van der Waals surface area contributed by atoms with Crippen LogP contribution in [0.25, 0.3) is 0 Å². The Morgan fingerprint density at radius 3 is 2.22 bits per heavy atom. The lowest BCUT2D eigenvalue weighted by molar-refractivity contribution is 0.586. The molecule has 2 aromatic rings. The molecule has 94 valence electrons. The summed E-state index contributed by atoms with van der Waals surface area (Å²) < 4.78 is 28.4. The van der Waals surface area contributed by atoms with Crippen LogP contribution in [0.4, 0.5) is 14.5 Å². The van der Waals surface area contributed by atoms with Crippen molar-refractivity contribution >= 4 is 37.5 Å². The Labute approximate surface area is 120 Å². The summed E-state index contributed by atoms with van der Waals surface area (Å²) in [5.41, 5.74) is 0.823. The van der Waals surface area contributed by atoms with Gasteiger partial charge in [0.05, 0.1) is 0 Å². The molecule has 0 saturated heterocycles. The van der Waals surface area contributed by atoms with Crippen LogP contribution < -0.4 is 5.32 Å². The zero-order valence-electron chi connectivity index (χ0n) is 9.18. The maximum atomic E-state index is 13.6. The zero-order valence-corrected chi connectivity index (χ0v) is 12.4. The number of hydrogen-bond donors (Lipinski definition) is 1. The van der Waals surface area contributed by atoms with Gasteiger partial charge in [-0.1, -0.05) is 44.0 Å². The largest absolute Gasteiger partial charge is 0.376 e. The molecule has 2 rings (SSSR count). The van der Waals surface area contributed by atoms with Gasteiger partial charge in [0.15, 0.2) is 0 Å². The van der Waals surface area contributed by atoms with Crippen LogP contribution in [-0.2, 0) is 6.54 Å². The van der Waals surface area contributed by atoms with Crippen molar-refractivity contribution in [1.29, 1.82) is 0 Å². The Balaban J connectivity index is 2.16. The molecule has 0 unspecified atom stereocenters. The molecule has 2 aromatic carbocycles. The molecule has 0 heterocycles. The van der Waals surface area contributed by atoms with Crippen molar-refractivity contribution in [3.63, 3.8) is 0 Å². The highest BCUT2D eigenvalue weighted by Gasteiger charge is 2.09. The predicted octanol–water partition coefficient (Wildman–Crippen LogP) is 5.10. The molecule has 0 aliphatic heterocycles. The van der Waals surface area contributed by atoms with Crippen LogP contribution in [0.2, 0.25) is 0 Å². The molecule has 0 atom stereocenters. The van der Waals surface area contributed by atoms with Gasteiger partial charge in [-0.3, -0.25) is 0 Å². The molecule has 0 spiro atoms. The quantitative estimate of drug-likeness (QED) is 0.785. The lowest BCUT2D eigenvalue weighted by atomic mass is 10.2. The van der Waals surface area contributed by atoms with E-state index in [0.717, 1.165) is 10.0 Å². The highest BCUT2D eigenvalue weighted by Crippen LogP contribution is 2.24. The van der Waals surface area contributed by atoms with Gasteiger partial charge in [-0.05, 0) is 29.8 Å². The summed E-state index contributed by atoms with van der Waals surface area (Å²) in [5.74, 6) is -1.23. The average Bonchev–Trinajstić information content (AvgIpc) is 2.27. The van der Waals surface area contributed by atoms with E-state index in [4.69, 9.17) is 0 Å². The first-order chi connectivity index (χ1) is 8.56. The van der Waals surface area contributed by atoms with E-state index in [1.165, 1.54) is 12.1 Å². The van der Waals surface area contributed by atoms with E-state index >= 15 is 0 Å². The van der Waals surface area contributed by atoms with Gasteiger partial charge in [0.25, 0.3) is 0 Å². The zero-order chi connectivity index (χ0) is 13.1. The first-order valence-electron chi connectivity index (χ1n) is 5.19. The number of hydrogen-bond acceptors (Lipinski definition) is 1. The molecule has 0 aliphatic rings. The molecular formula is C13H9Br2F2N. The monoisotopic (exact) mass is 375 g/mol. The summed E-state index contributed by atoms with van der Waals surface area (Å²) >= 11 is 6.38. The molecule has 1 N–H and O–H groups in total. The molecule has 1 nitrogen and oxygen atoms in total. The van der Waals surface area contributed by atoms with Gasteiger partial charge in [0.1, 0.15) is 17.3 Å². The summed E-state index contributed by atoms with van der Waals surface area (Å²) in [5, 5.41) is 2.76. The third-order valence-electron chi connectivity index (χ3n) is 2.37. The van der Waals surface area contributed by atoms with Crippen molar-refractivity contribution < 1.29 is 8.78 Å². The number of rotatable bonds is 3. The van der Waals surface area contributed by atoms with Crippen LogP contribution in [0.5, 0.6) is 0 Å². The fourth-order valence-corrected chi connectivity index (χ4v) is 2.40. The van der Waals surface area contributed by atoms with Crippen molar-refractivity contribution in [1.82, 2.24) is 0 Å². The third kappa shape index (κ3) is 3.29. The van der Waals surface area contributed by atoms with Crippen LogP contribution in [-0.4, -0.2) is 0 Å². The fraction of sp³-hybridized carbons (Fsp3) is 0.0769. The van der Waals surface area contributed by atoms with Crippen LogP contribution in [0.15, 0.2) is 45.3 Å². The molecule has 5 heteroatoms. The second-order valence-corrected chi connectivity index (χ2v) is 5.56. The third-order valence-corrected chi connectivity index (χ3v) is 3.32. The second kappa shape index (κ2) is 5.80. The fourth-order valence-electron chi connectivity index (χ4n) is 1.55. The standard InChI is InChI=1S/C13H9Br2F2N/c14-9-3-1-2-8(4-9)7-18-13-11(16)5-10(15)6-12(13)17/h1-6,18H,7H2. The molecule has 0 bridgehead atoms. The molecule has 0 saturated carbocycles. The minimum Gasteiger partial charge on any atom is -0.376 e. The molecule has 18 heavy (non-hydrogen) atoms. The number of halogens is 4. The highest BCUT2D eigenvalue weighted by atomic mass is 79.9. The van der Waals surface area contributed by atoms with Crippen molar-refractivity contribution in [2.45, 2.75) is 6.54 Å². The normalized spacial score (nSPS) is 10.4. The van der Waals surface area contributed by atoms with Crippen LogP contribution >= 0.6 is 31.9 Å². The molecule has 0 radical (unpaired) electrons. The Kier molecular flexibility index (Phi) is 4.35. The van der Waals surface area contributed by atoms with Crippen LogP contribution in [0.3, 0.4) is 0 Å². The van der Waals surface area contributed by atoms with E-state index in [-0.39, 0.29) is 5.69 Å². The molecule has 0 aromatic heterocycles. The van der Waals surface area contributed by atoms with Gasteiger partial charge in [-0.15, -0.1) is 0 Å². The van der Waals surface area contributed by atoms with Gasteiger partial charge in [0, 0.05) is 15.5 Å². The lowest BCUT2D eigenvalue weighted by Gasteiger charge is -2.09. The van der Waals surface area contributed by atoms with Crippen LogP contribution in [0, 0.1) is 11.6 Å². The SMILES string of the molecule is Fc1cc(Br)cc(F)c1NCc1cccc(Br)c1. The Hall–Kier alpha value is -0.940.